The van der Waals surface area contributed by atoms with E-state index in [0.29, 0.717) is 0 Å². The topological polar surface area (TPSA) is 64.1 Å². The normalized spacial score (nSPS) is 15.2. The Kier molecular flexibility index (Phi) is 7.97. The van der Waals surface area contributed by atoms with Crippen LogP contribution in [-0.4, -0.2) is 51.8 Å². The molecule has 0 saturated carbocycles. The summed E-state index contributed by atoms with van der Waals surface area (Å²) in [5.41, 5.74) is 11.0. The minimum Gasteiger partial charge on any atom is -0.496 e. The Bertz CT molecular complexity index is 1280. The first-order chi connectivity index (χ1) is 18.2. The molecule has 1 saturated heterocycles. The van der Waals surface area contributed by atoms with E-state index in [1.54, 1.807) is 14.2 Å². The van der Waals surface area contributed by atoms with Crippen molar-refractivity contribution < 1.29 is 13.9 Å². The number of anilines is 1. The number of hydrogen-bond acceptors (Lipinski definition) is 6. The van der Waals surface area contributed by atoms with Gasteiger partial charge in [-0.3, -0.25) is 4.90 Å². The van der Waals surface area contributed by atoms with Crippen molar-refractivity contribution in [3.05, 3.63) is 89.7 Å². The van der Waals surface area contributed by atoms with Crippen LogP contribution in [0.25, 0.3) is 11.0 Å². The summed E-state index contributed by atoms with van der Waals surface area (Å²) < 4.78 is 17.2. The Morgan fingerprint density at radius 2 is 1.59 bits per heavy atom. The number of hydrogen-bond donors (Lipinski definition) is 1. The summed E-state index contributed by atoms with van der Waals surface area (Å²) in [6.07, 6.45) is 3.33. The predicted octanol–water partition coefficient (Wildman–Crippen LogP) is 5.64. The molecule has 1 unspecified atom stereocenters. The number of ether oxygens (including phenoxy) is 2. The van der Waals surface area contributed by atoms with Crippen LogP contribution in [0.15, 0.2) is 77.2 Å². The summed E-state index contributed by atoms with van der Waals surface area (Å²) in [6, 6.07) is 24.3. The molecular weight excluding hydrogens is 462 g/mol. The first kappa shape index (κ1) is 25.2. The minimum atomic E-state index is -0.373. The van der Waals surface area contributed by atoms with Crippen molar-refractivity contribution in [3.63, 3.8) is 0 Å². The highest BCUT2D eigenvalue weighted by molar-refractivity contribution is 5.78. The molecule has 3 aromatic carbocycles. The first-order valence-electron chi connectivity index (χ1n) is 13.2. The SMILES string of the molecule is COc1ccc(CCCCN2CCN(c3ccccc3OC)CC2)cc1C(N)c1cc2ccccc2o1. The lowest BCUT2D eigenvalue weighted by Gasteiger charge is -2.36. The molecule has 0 amide bonds. The fourth-order valence-corrected chi connectivity index (χ4v) is 5.26. The molecule has 1 aliphatic heterocycles. The van der Waals surface area contributed by atoms with Gasteiger partial charge in [0.1, 0.15) is 22.8 Å². The number of unbranched alkanes of at least 4 members (excludes halogenated alkanes) is 1. The summed E-state index contributed by atoms with van der Waals surface area (Å²) in [5.74, 6) is 2.50. The summed E-state index contributed by atoms with van der Waals surface area (Å²) in [7, 11) is 3.44. The van der Waals surface area contributed by atoms with E-state index in [0.717, 1.165) is 79.4 Å². The molecule has 4 aromatic rings. The molecular formula is C31H37N3O3. The van der Waals surface area contributed by atoms with Crippen LogP contribution in [-0.2, 0) is 6.42 Å². The number of rotatable bonds is 10. The number of piperazine rings is 1. The van der Waals surface area contributed by atoms with E-state index in [1.807, 2.05) is 48.5 Å². The van der Waals surface area contributed by atoms with Gasteiger partial charge in [0.15, 0.2) is 0 Å². The van der Waals surface area contributed by atoms with E-state index in [9.17, 15) is 0 Å². The third kappa shape index (κ3) is 5.76. The lowest BCUT2D eigenvalue weighted by molar-refractivity contribution is 0.252. The monoisotopic (exact) mass is 499 g/mol. The van der Waals surface area contributed by atoms with Gasteiger partial charge >= 0.3 is 0 Å². The Labute approximate surface area is 219 Å². The van der Waals surface area contributed by atoms with Crippen LogP contribution in [0.2, 0.25) is 0 Å². The number of aryl methyl sites for hydroxylation is 1. The van der Waals surface area contributed by atoms with E-state index in [-0.39, 0.29) is 6.04 Å². The van der Waals surface area contributed by atoms with Crippen LogP contribution in [0.5, 0.6) is 11.5 Å². The highest BCUT2D eigenvalue weighted by Crippen LogP contribution is 2.33. The number of furan rings is 1. The van der Waals surface area contributed by atoms with Gasteiger partial charge in [-0.1, -0.05) is 42.5 Å². The van der Waals surface area contributed by atoms with Crippen LogP contribution in [0.3, 0.4) is 0 Å². The fourth-order valence-electron chi connectivity index (χ4n) is 5.26. The molecule has 37 heavy (non-hydrogen) atoms. The quantitative estimate of drug-likeness (QED) is 0.285. The Hall–Kier alpha value is -3.48. The molecule has 6 heteroatoms. The second kappa shape index (κ2) is 11.7. The fraction of sp³-hybridized carbons (Fsp3) is 0.355. The zero-order valence-corrected chi connectivity index (χ0v) is 21.9. The van der Waals surface area contributed by atoms with Crippen molar-refractivity contribution in [3.8, 4) is 11.5 Å². The molecule has 2 heterocycles. The van der Waals surface area contributed by atoms with Gasteiger partial charge in [0.05, 0.1) is 25.9 Å². The van der Waals surface area contributed by atoms with Crippen LogP contribution < -0.4 is 20.1 Å². The highest BCUT2D eigenvalue weighted by atomic mass is 16.5. The third-order valence-electron chi connectivity index (χ3n) is 7.37. The van der Waals surface area contributed by atoms with E-state index in [4.69, 9.17) is 19.6 Å². The number of nitrogens with zero attached hydrogens (tertiary/aromatic N) is 2. The zero-order chi connectivity index (χ0) is 25.6. The van der Waals surface area contributed by atoms with Crippen molar-refractivity contribution in [2.75, 3.05) is 51.8 Å². The molecule has 0 radical (unpaired) electrons. The maximum absolute atomic E-state index is 6.66. The molecule has 1 aromatic heterocycles. The molecule has 0 spiro atoms. The van der Waals surface area contributed by atoms with Crippen LogP contribution in [0.4, 0.5) is 5.69 Å². The molecule has 1 aliphatic rings. The summed E-state index contributed by atoms with van der Waals surface area (Å²) >= 11 is 0. The molecule has 1 atom stereocenters. The number of fused-ring (bicyclic) bond motifs is 1. The van der Waals surface area contributed by atoms with Gasteiger partial charge in [0.25, 0.3) is 0 Å². The van der Waals surface area contributed by atoms with Gasteiger partial charge in [0.2, 0.25) is 0 Å². The Balaban J connectivity index is 1.14. The number of benzene rings is 3. The minimum absolute atomic E-state index is 0.373. The van der Waals surface area contributed by atoms with Crippen molar-refractivity contribution in [2.24, 2.45) is 5.73 Å². The van der Waals surface area contributed by atoms with E-state index in [1.165, 1.54) is 17.7 Å². The van der Waals surface area contributed by atoms with Gasteiger partial charge in [-0.15, -0.1) is 0 Å². The third-order valence-corrected chi connectivity index (χ3v) is 7.37. The second-order valence-corrected chi connectivity index (χ2v) is 9.70. The number of para-hydroxylation sites is 3. The maximum atomic E-state index is 6.66. The molecule has 194 valence electrons. The molecule has 0 bridgehead atoms. The molecule has 6 nitrogen and oxygen atoms in total. The van der Waals surface area contributed by atoms with E-state index < -0.39 is 0 Å². The summed E-state index contributed by atoms with van der Waals surface area (Å²) in [5, 5.41) is 1.06. The van der Waals surface area contributed by atoms with Crippen LogP contribution in [0, 0.1) is 0 Å². The van der Waals surface area contributed by atoms with Gasteiger partial charge in [-0.05, 0) is 61.7 Å². The Morgan fingerprint density at radius 3 is 2.38 bits per heavy atom. The summed E-state index contributed by atoms with van der Waals surface area (Å²) in [6.45, 7) is 5.35. The number of nitrogens with two attached hydrogens (primary N) is 1. The predicted molar refractivity (Wildman–Crippen MR) is 150 cm³/mol. The first-order valence-corrected chi connectivity index (χ1v) is 13.2. The van der Waals surface area contributed by atoms with Crippen molar-refractivity contribution in [1.29, 1.82) is 0 Å². The maximum Gasteiger partial charge on any atom is 0.142 e. The zero-order valence-electron chi connectivity index (χ0n) is 21.9. The largest absolute Gasteiger partial charge is 0.496 e. The molecule has 2 N–H and O–H groups in total. The van der Waals surface area contributed by atoms with Gasteiger partial charge in [0, 0.05) is 37.1 Å². The van der Waals surface area contributed by atoms with E-state index in [2.05, 4.69) is 34.1 Å². The Morgan fingerprint density at radius 1 is 0.838 bits per heavy atom. The number of methoxy groups -OCH3 is 2. The molecule has 5 rings (SSSR count). The van der Waals surface area contributed by atoms with Gasteiger partial charge in [-0.2, -0.15) is 0 Å². The summed E-state index contributed by atoms with van der Waals surface area (Å²) in [4.78, 5) is 5.00. The van der Waals surface area contributed by atoms with Crippen molar-refractivity contribution in [2.45, 2.75) is 25.3 Å². The van der Waals surface area contributed by atoms with Crippen molar-refractivity contribution >= 4 is 16.7 Å². The molecule has 1 fully saturated rings. The second-order valence-electron chi connectivity index (χ2n) is 9.70. The van der Waals surface area contributed by atoms with Crippen molar-refractivity contribution in [1.82, 2.24) is 4.90 Å². The van der Waals surface area contributed by atoms with Crippen LogP contribution in [0.1, 0.15) is 35.8 Å². The average molecular weight is 500 g/mol. The lowest BCUT2D eigenvalue weighted by Crippen LogP contribution is -2.46. The van der Waals surface area contributed by atoms with Gasteiger partial charge in [-0.25, -0.2) is 0 Å². The average Bonchev–Trinajstić information content (AvgIpc) is 3.39. The smallest absolute Gasteiger partial charge is 0.142 e. The standard InChI is InChI=1S/C31H37N3O3/c1-35-28-15-14-23(21-25(28)31(32)30-22-24-10-3-5-12-27(24)37-30)9-7-8-16-33-17-19-34(20-18-33)26-11-4-6-13-29(26)36-2/h3-6,10-15,21-22,31H,7-9,16-20,32H2,1-2H3. The highest BCUT2D eigenvalue weighted by Gasteiger charge is 2.20. The molecule has 0 aliphatic carbocycles. The van der Waals surface area contributed by atoms with Gasteiger partial charge < -0.3 is 24.5 Å². The van der Waals surface area contributed by atoms with E-state index >= 15 is 0 Å². The van der Waals surface area contributed by atoms with Crippen LogP contribution >= 0.6 is 0 Å². The lowest BCUT2D eigenvalue weighted by atomic mass is 9.98.